The van der Waals surface area contributed by atoms with Gasteiger partial charge in [0.2, 0.25) is 0 Å². The molecule has 0 saturated heterocycles. The van der Waals surface area contributed by atoms with Crippen LogP contribution >= 0.6 is 18.5 Å². The van der Waals surface area contributed by atoms with Gasteiger partial charge in [-0.05, 0) is 15.9 Å². The molecule has 110 valence electrons. The first-order valence-corrected chi connectivity index (χ1v) is 9.17. The molecule has 0 aromatic heterocycles. The van der Waals surface area contributed by atoms with Crippen molar-refractivity contribution >= 4 is 39.4 Å². The Morgan fingerprint density at radius 3 is 1.09 bits per heavy atom. The van der Waals surface area contributed by atoms with Crippen molar-refractivity contribution in [3.8, 4) is 0 Å². The molecule has 0 heterocycles. The fraction of sp³-hybridized carbons (Fsp3) is 0. The highest BCUT2D eigenvalue weighted by Crippen LogP contribution is 2.47. The summed E-state index contributed by atoms with van der Waals surface area (Å²) in [5, 5.41) is 2.20. The van der Waals surface area contributed by atoms with Crippen molar-refractivity contribution in [1.29, 1.82) is 0 Å². The third-order valence-corrected chi connectivity index (χ3v) is 8.17. The first-order valence-electron chi connectivity index (χ1n) is 7.00. The monoisotopic (exact) mass is 328 g/mol. The van der Waals surface area contributed by atoms with Crippen LogP contribution in [0.3, 0.4) is 0 Å². The molecule has 3 rings (SSSR count). The second-order valence-electron chi connectivity index (χ2n) is 4.92. The van der Waals surface area contributed by atoms with E-state index >= 15 is 0 Å². The van der Waals surface area contributed by atoms with E-state index in [1.807, 2.05) is 91.0 Å². The van der Waals surface area contributed by atoms with E-state index in [1.54, 1.807) is 0 Å². The van der Waals surface area contributed by atoms with Crippen LogP contribution in [0, 0.1) is 0 Å². The van der Waals surface area contributed by atoms with Crippen molar-refractivity contribution in [1.82, 2.24) is 0 Å². The smallest absolute Gasteiger partial charge is 0.193 e. The van der Waals surface area contributed by atoms with Gasteiger partial charge in [-0.25, -0.2) is 0 Å². The van der Waals surface area contributed by atoms with Crippen molar-refractivity contribution in [3.63, 3.8) is 0 Å². The average molecular weight is 329 g/mol. The summed E-state index contributed by atoms with van der Waals surface area (Å²) in [5.74, 6) is 0. The highest BCUT2D eigenvalue weighted by atomic mass is 35.5. The van der Waals surface area contributed by atoms with E-state index < -0.39 is 11.9 Å². The number of hydrogen-bond acceptors (Lipinski definition) is 0. The lowest BCUT2D eigenvalue weighted by atomic mass is 10.4. The van der Waals surface area contributed by atoms with Gasteiger partial charge in [0, 0.05) is 6.89 Å². The summed E-state index contributed by atoms with van der Waals surface area (Å²) in [6.07, 6.45) is 0. The Kier molecular flexibility index (Phi) is 4.47. The molecule has 0 aliphatic carbocycles. The summed E-state index contributed by atoms with van der Waals surface area (Å²) >= 11 is 6.10. The van der Waals surface area contributed by atoms with Crippen LogP contribution in [0.2, 0.25) is 0 Å². The number of rotatable bonds is 3. The summed E-state index contributed by atoms with van der Waals surface area (Å²) in [4.78, 5) is 0. The van der Waals surface area contributed by atoms with Gasteiger partial charge in [0.15, 0.2) is 5.01 Å². The topological polar surface area (TPSA) is 0 Å². The lowest BCUT2D eigenvalue weighted by Crippen LogP contribution is -2.27. The molecule has 3 heteroatoms. The van der Waals surface area contributed by atoms with Crippen molar-refractivity contribution < 1.29 is 4.39 Å². The molecule has 0 radical (unpaired) electrons. The zero-order valence-corrected chi connectivity index (χ0v) is 13.5. The molecule has 3 aromatic carbocycles. The maximum atomic E-state index is 14.8. The maximum absolute atomic E-state index is 14.8. The summed E-state index contributed by atoms with van der Waals surface area (Å²) in [6.45, 7) is -2.61. The fourth-order valence-corrected chi connectivity index (χ4v) is 6.91. The molecule has 22 heavy (non-hydrogen) atoms. The standard InChI is InChI=1S/C19H15ClFP/c20-19(21)22(16-10-4-1-5-11-16,17-12-6-2-7-13-17)18-14-8-3-9-15-18/h1-15H. The molecule has 0 nitrogen and oxygen atoms in total. The second kappa shape index (κ2) is 6.52. The molecule has 0 amide bonds. The van der Waals surface area contributed by atoms with Crippen LogP contribution in [-0.4, -0.2) is 5.01 Å². The largest absolute Gasteiger partial charge is 0.195 e. The van der Waals surface area contributed by atoms with Crippen molar-refractivity contribution in [2.45, 2.75) is 0 Å². The molecular formula is C19H15ClFP. The van der Waals surface area contributed by atoms with Gasteiger partial charge in [-0.15, -0.1) is 0 Å². The number of benzene rings is 3. The van der Waals surface area contributed by atoms with E-state index in [0.717, 1.165) is 15.9 Å². The predicted octanol–water partition coefficient (Wildman–Crippen LogP) is 4.28. The van der Waals surface area contributed by atoms with Gasteiger partial charge < -0.3 is 0 Å². The molecule has 0 fully saturated rings. The SMILES string of the molecule is FC(Cl)=P(c1ccccc1)(c1ccccc1)c1ccccc1. The third-order valence-electron chi connectivity index (χ3n) is 3.68. The van der Waals surface area contributed by atoms with Crippen LogP contribution in [0.1, 0.15) is 0 Å². The normalized spacial score (nSPS) is 11.2. The van der Waals surface area contributed by atoms with E-state index in [9.17, 15) is 4.39 Å². The van der Waals surface area contributed by atoms with E-state index in [-0.39, 0.29) is 0 Å². The summed E-state index contributed by atoms with van der Waals surface area (Å²) in [7, 11) is 0. The van der Waals surface area contributed by atoms with Gasteiger partial charge >= 0.3 is 0 Å². The Bertz CT molecular complexity index is 691. The Balaban J connectivity index is 2.44. The third kappa shape index (κ3) is 2.52. The van der Waals surface area contributed by atoms with E-state index in [2.05, 4.69) is 0 Å². The fourth-order valence-electron chi connectivity index (χ4n) is 2.69. The van der Waals surface area contributed by atoms with Crippen LogP contribution in [-0.2, 0) is 0 Å². The first kappa shape index (κ1) is 15.1. The molecule has 0 unspecified atom stereocenters. The molecule has 0 aliphatic heterocycles. The summed E-state index contributed by atoms with van der Waals surface area (Å²) < 4.78 is 14.8. The molecule has 3 aromatic rings. The molecule has 0 N–H and O–H groups in total. The van der Waals surface area contributed by atoms with Gasteiger partial charge in [0.1, 0.15) is 0 Å². The zero-order chi connectivity index (χ0) is 15.4. The minimum absolute atomic E-state index is 0.545. The average Bonchev–Trinajstić information content (AvgIpc) is 2.58. The van der Waals surface area contributed by atoms with Crippen LogP contribution in [0.25, 0.3) is 0 Å². The minimum Gasteiger partial charge on any atom is -0.193 e. The van der Waals surface area contributed by atoms with Crippen molar-refractivity contribution in [2.75, 3.05) is 0 Å². The quantitative estimate of drug-likeness (QED) is 0.630. The maximum Gasteiger partial charge on any atom is 0.195 e. The first-order chi connectivity index (χ1) is 10.8. The molecular weight excluding hydrogens is 314 g/mol. The Morgan fingerprint density at radius 1 is 0.591 bits per heavy atom. The molecule has 0 saturated carbocycles. The molecule has 0 aliphatic rings. The van der Waals surface area contributed by atoms with Crippen LogP contribution in [0.5, 0.6) is 0 Å². The second-order valence-corrected chi connectivity index (χ2v) is 8.80. The predicted molar refractivity (Wildman–Crippen MR) is 97.1 cm³/mol. The van der Waals surface area contributed by atoms with Gasteiger partial charge in [-0.1, -0.05) is 103 Å². The Labute approximate surface area is 135 Å². The van der Waals surface area contributed by atoms with E-state index in [4.69, 9.17) is 11.6 Å². The Morgan fingerprint density at radius 2 is 0.864 bits per heavy atom. The van der Waals surface area contributed by atoms with Crippen molar-refractivity contribution in [2.24, 2.45) is 0 Å². The number of halogens is 2. The lowest BCUT2D eigenvalue weighted by Gasteiger charge is -2.27. The molecule has 0 bridgehead atoms. The molecule has 0 spiro atoms. The van der Waals surface area contributed by atoms with E-state index in [1.165, 1.54) is 0 Å². The highest BCUT2D eigenvalue weighted by Gasteiger charge is 2.29. The molecule has 0 atom stereocenters. The van der Waals surface area contributed by atoms with Gasteiger partial charge in [-0.3, -0.25) is 0 Å². The Hall–Kier alpha value is -1.82. The van der Waals surface area contributed by atoms with Crippen LogP contribution in [0.15, 0.2) is 91.0 Å². The van der Waals surface area contributed by atoms with Gasteiger partial charge in [0.05, 0.1) is 0 Å². The number of hydrogen-bond donors (Lipinski definition) is 0. The zero-order valence-electron chi connectivity index (χ0n) is 11.9. The van der Waals surface area contributed by atoms with E-state index in [0.29, 0.717) is 0 Å². The van der Waals surface area contributed by atoms with Crippen LogP contribution < -0.4 is 15.9 Å². The lowest BCUT2D eigenvalue weighted by molar-refractivity contribution is 0.849. The van der Waals surface area contributed by atoms with Crippen LogP contribution in [0.4, 0.5) is 4.39 Å². The summed E-state index contributed by atoms with van der Waals surface area (Å²) in [5.41, 5.74) is 0. The van der Waals surface area contributed by atoms with Gasteiger partial charge in [0.25, 0.3) is 0 Å². The minimum atomic E-state index is -2.61. The summed E-state index contributed by atoms with van der Waals surface area (Å²) in [6, 6.07) is 29.1. The highest BCUT2D eigenvalue weighted by molar-refractivity contribution is 7.96. The van der Waals surface area contributed by atoms with Gasteiger partial charge in [-0.2, -0.15) is 4.39 Å². The van der Waals surface area contributed by atoms with Crippen molar-refractivity contribution in [3.05, 3.63) is 91.0 Å².